The van der Waals surface area contributed by atoms with E-state index in [0.29, 0.717) is 18.0 Å². The number of esters is 1. The van der Waals surface area contributed by atoms with E-state index < -0.39 is 11.2 Å². The molecule has 0 spiro atoms. The highest BCUT2D eigenvalue weighted by Crippen LogP contribution is 2.24. The van der Waals surface area contributed by atoms with Gasteiger partial charge in [0.15, 0.2) is 0 Å². The Morgan fingerprint density at radius 3 is 2.76 bits per heavy atom. The van der Waals surface area contributed by atoms with Crippen molar-refractivity contribution in [2.75, 3.05) is 12.3 Å². The largest absolute Gasteiger partial charge is 0.465 e. The summed E-state index contributed by atoms with van der Waals surface area (Å²) in [5.41, 5.74) is 5.75. The summed E-state index contributed by atoms with van der Waals surface area (Å²) in [5, 5.41) is 4.33. The Bertz CT molecular complexity index is 665. The summed E-state index contributed by atoms with van der Waals surface area (Å²) in [6.45, 7) is 5.54. The Morgan fingerprint density at radius 2 is 2.14 bits per heavy atom. The molecule has 1 heterocycles. The SMILES string of the molecule is CCOC(=O)C(C)(C)c1ccn(-c2ccc(N)c(F)c2)n1. The second-order valence-corrected chi connectivity index (χ2v) is 5.20. The molecule has 2 aromatic rings. The minimum Gasteiger partial charge on any atom is -0.465 e. The summed E-state index contributed by atoms with van der Waals surface area (Å²) in [5.74, 6) is -0.854. The highest BCUT2D eigenvalue weighted by molar-refractivity contribution is 5.81. The van der Waals surface area contributed by atoms with Crippen LogP contribution in [0, 0.1) is 5.82 Å². The van der Waals surface area contributed by atoms with Gasteiger partial charge in [-0.1, -0.05) is 0 Å². The molecule has 0 saturated heterocycles. The fraction of sp³-hybridized carbons (Fsp3) is 0.333. The van der Waals surface area contributed by atoms with Crippen molar-refractivity contribution in [2.24, 2.45) is 0 Å². The fourth-order valence-corrected chi connectivity index (χ4v) is 1.88. The van der Waals surface area contributed by atoms with Gasteiger partial charge in [0.2, 0.25) is 0 Å². The van der Waals surface area contributed by atoms with Crippen LogP contribution < -0.4 is 5.73 Å². The van der Waals surface area contributed by atoms with Gasteiger partial charge < -0.3 is 10.5 Å². The quantitative estimate of drug-likeness (QED) is 0.694. The zero-order valence-corrected chi connectivity index (χ0v) is 12.3. The van der Waals surface area contributed by atoms with Gasteiger partial charge in [-0.25, -0.2) is 9.07 Å². The van der Waals surface area contributed by atoms with Crippen LogP contribution in [-0.2, 0) is 14.9 Å². The average molecular weight is 291 g/mol. The molecule has 0 bridgehead atoms. The summed E-state index contributed by atoms with van der Waals surface area (Å²) in [6, 6.07) is 6.14. The Balaban J connectivity index is 2.33. The second kappa shape index (κ2) is 5.55. The second-order valence-electron chi connectivity index (χ2n) is 5.20. The van der Waals surface area contributed by atoms with E-state index in [0.717, 1.165) is 0 Å². The summed E-state index contributed by atoms with van der Waals surface area (Å²) < 4.78 is 20.0. The highest BCUT2D eigenvalue weighted by Gasteiger charge is 2.33. The number of halogens is 1. The smallest absolute Gasteiger partial charge is 0.317 e. The third-order valence-electron chi connectivity index (χ3n) is 3.26. The third-order valence-corrected chi connectivity index (χ3v) is 3.26. The summed E-state index contributed by atoms with van der Waals surface area (Å²) in [7, 11) is 0. The van der Waals surface area contributed by atoms with Crippen LogP contribution in [-0.4, -0.2) is 22.4 Å². The van der Waals surface area contributed by atoms with Gasteiger partial charge in [0.1, 0.15) is 11.2 Å². The lowest BCUT2D eigenvalue weighted by Gasteiger charge is -2.19. The summed E-state index contributed by atoms with van der Waals surface area (Å²) >= 11 is 0. The van der Waals surface area contributed by atoms with Crippen LogP contribution in [0.2, 0.25) is 0 Å². The van der Waals surface area contributed by atoms with Gasteiger partial charge in [-0.3, -0.25) is 4.79 Å². The number of benzene rings is 1. The van der Waals surface area contributed by atoms with Gasteiger partial charge in [-0.2, -0.15) is 5.10 Å². The van der Waals surface area contributed by atoms with Crippen LogP contribution in [0.3, 0.4) is 0 Å². The molecule has 2 rings (SSSR count). The molecule has 1 aromatic heterocycles. The van der Waals surface area contributed by atoms with E-state index in [1.54, 1.807) is 39.1 Å². The van der Waals surface area contributed by atoms with Crippen molar-refractivity contribution in [3.63, 3.8) is 0 Å². The van der Waals surface area contributed by atoms with Crippen LogP contribution in [0.4, 0.5) is 10.1 Å². The minimum atomic E-state index is -0.867. The maximum atomic E-state index is 13.5. The number of carbonyl (C=O) groups excluding carboxylic acids is 1. The van der Waals surface area contributed by atoms with E-state index in [1.165, 1.54) is 16.8 Å². The molecule has 0 aliphatic heterocycles. The van der Waals surface area contributed by atoms with E-state index in [4.69, 9.17) is 10.5 Å². The monoisotopic (exact) mass is 291 g/mol. The maximum Gasteiger partial charge on any atom is 0.317 e. The van der Waals surface area contributed by atoms with Crippen LogP contribution in [0.5, 0.6) is 0 Å². The van der Waals surface area contributed by atoms with Crippen molar-refractivity contribution in [1.29, 1.82) is 0 Å². The molecular weight excluding hydrogens is 273 g/mol. The van der Waals surface area contributed by atoms with E-state index in [2.05, 4.69) is 5.10 Å². The van der Waals surface area contributed by atoms with Crippen molar-refractivity contribution in [3.05, 3.63) is 42.0 Å². The van der Waals surface area contributed by atoms with Gasteiger partial charge in [0, 0.05) is 12.3 Å². The lowest BCUT2D eigenvalue weighted by molar-refractivity contribution is -0.148. The molecule has 0 amide bonds. The zero-order valence-electron chi connectivity index (χ0n) is 12.3. The van der Waals surface area contributed by atoms with Gasteiger partial charge in [0.05, 0.1) is 23.7 Å². The van der Waals surface area contributed by atoms with Crippen molar-refractivity contribution in [1.82, 2.24) is 9.78 Å². The molecule has 0 aliphatic rings. The Labute approximate surface area is 122 Å². The molecule has 2 N–H and O–H groups in total. The molecule has 6 heteroatoms. The molecular formula is C15H18FN3O2. The number of anilines is 1. The van der Waals surface area contributed by atoms with Gasteiger partial charge in [-0.05, 0) is 39.0 Å². The topological polar surface area (TPSA) is 70.1 Å². The van der Waals surface area contributed by atoms with Crippen molar-refractivity contribution in [3.8, 4) is 5.69 Å². The first-order valence-corrected chi connectivity index (χ1v) is 6.65. The van der Waals surface area contributed by atoms with Gasteiger partial charge in [0.25, 0.3) is 0 Å². The van der Waals surface area contributed by atoms with Gasteiger partial charge >= 0.3 is 5.97 Å². The molecule has 0 fully saturated rings. The first-order chi connectivity index (χ1) is 9.86. The minimum absolute atomic E-state index is 0.0815. The number of carbonyl (C=O) groups is 1. The number of ether oxygens (including phenoxy) is 1. The number of hydrogen-bond acceptors (Lipinski definition) is 4. The molecule has 0 aliphatic carbocycles. The summed E-state index contributed by atoms with van der Waals surface area (Å²) in [6.07, 6.45) is 1.67. The average Bonchev–Trinajstić information content (AvgIpc) is 2.92. The predicted molar refractivity (Wildman–Crippen MR) is 77.6 cm³/mol. The number of aromatic nitrogens is 2. The van der Waals surface area contributed by atoms with E-state index in [9.17, 15) is 9.18 Å². The van der Waals surface area contributed by atoms with Gasteiger partial charge in [-0.15, -0.1) is 0 Å². The molecule has 1 aromatic carbocycles. The van der Waals surface area contributed by atoms with E-state index >= 15 is 0 Å². The highest BCUT2D eigenvalue weighted by atomic mass is 19.1. The zero-order chi connectivity index (χ0) is 15.6. The van der Waals surface area contributed by atoms with Crippen LogP contribution in [0.1, 0.15) is 26.5 Å². The lowest BCUT2D eigenvalue weighted by atomic mass is 9.90. The Kier molecular flexibility index (Phi) is 3.97. The van der Waals surface area contributed by atoms with Crippen molar-refractivity contribution >= 4 is 11.7 Å². The van der Waals surface area contributed by atoms with Crippen LogP contribution in [0.15, 0.2) is 30.5 Å². The predicted octanol–water partition coefficient (Wildman–Crippen LogP) is 2.43. The number of nitrogens with two attached hydrogens (primary N) is 1. The third kappa shape index (κ3) is 2.89. The van der Waals surface area contributed by atoms with E-state index in [1.807, 2.05) is 0 Å². The number of nitrogens with zero attached hydrogens (tertiary/aromatic N) is 2. The maximum absolute atomic E-state index is 13.5. The van der Waals surface area contributed by atoms with Crippen molar-refractivity contribution < 1.29 is 13.9 Å². The standard InChI is InChI=1S/C15H18FN3O2/c1-4-21-14(20)15(2,3)13-7-8-19(18-13)10-5-6-12(17)11(16)9-10/h5-9H,4,17H2,1-3H3. The Morgan fingerprint density at radius 1 is 1.43 bits per heavy atom. The fourth-order valence-electron chi connectivity index (χ4n) is 1.88. The van der Waals surface area contributed by atoms with Crippen molar-refractivity contribution in [2.45, 2.75) is 26.2 Å². The number of hydrogen-bond donors (Lipinski definition) is 1. The molecule has 21 heavy (non-hydrogen) atoms. The Hall–Kier alpha value is -2.37. The molecule has 112 valence electrons. The normalized spacial score (nSPS) is 11.4. The molecule has 0 radical (unpaired) electrons. The molecule has 0 atom stereocenters. The first kappa shape index (κ1) is 15.0. The number of rotatable bonds is 4. The van der Waals surface area contributed by atoms with E-state index in [-0.39, 0.29) is 11.7 Å². The molecule has 0 unspecified atom stereocenters. The summed E-state index contributed by atoms with van der Waals surface area (Å²) in [4.78, 5) is 12.0. The first-order valence-electron chi connectivity index (χ1n) is 6.65. The molecule has 5 nitrogen and oxygen atoms in total. The number of nitrogen functional groups attached to an aromatic ring is 1. The lowest BCUT2D eigenvalue weighted by Crippen LogP contribution is -2.31. The van der Waals surface area contributed by atoms with Crippen LogP contribution >= 0.6 is 0 Å². The molecule has 0 saturated carbocycles. The van der Waals surface area contributed by atoms with Crippen LogP contribution in [0.25, 0.3) is 5.69 Å².